The molecule has 0 aromatic heterocycles. The number of para-hydroxylation sites is 2. The lowest BCUT2D eigenvalue weighted by molar-refractivity contribution is 0.891. The van der Waals surface area contributed by atoms with Gasteiger partial charge in [0.2, 0.25) is 0 Å². The van der Waals surface area contributed by atoms with E-state index in [0.29, 0.717) is 11.1 Å². The van der Waals surface area contributed by atoms with Crippen molar-refractivity contribution in [2.24, 2.45) is 0 Å². The van der Waals surface area contributed by atoms with Crippen LogP contribution >= 0.6 is 0 Å². The SMILES string of the molecule is CC1c2ccccc2N(c2cc(C#N)ccc2C#N)c2ccccc21. The number of anilines is 3. The Labute approximate surface area is 147 Å². The molecule has 0 bridgehead atoms. The van der Waals surface area contributed by atoms with Crippen molar-refractivity contribution in [3.05, 3.63) is 89.0 Å². The molecule has 3 heteroatoms. The predicted molar refractivity (Wildman–Crippen MR) is 98.1 cm³/mol. The van der Waals surface area contributed by atoms with Gasteiger partial charge >= 0.3 is 0 Å². The van der Waals surface area contributed by atoms with Gasteiger partial charge in [-0.2, -0.15) is 10.5 Å². The number of hydrogen-bond donors (Lipinski definition) is 0. The molecule has 0 saturated heterocycles. The van der Waals surface area contributed by atoms with E-state index >= 15 is 0 Å². The Bertz CT molecular complexity index is 1010. The molecule has 0 N–H and O–H groups in total. The summed E-state index contributed by atoms with van der Waals surface area (Å²) in [4.78, 5) is 2.10. The fourth-order valence-electron chi connectivity index (χ4n) is 3.55. The van der Waals surface area contributed by atoms with Crippen molar-refractivity contribution >= 4 is 17.1 Å². The summed E-state index contributed by atoms with van der Waals surface area (Å²) >= 11 is 0. The second-order valence-electron chi connectivity index (χ2n) is 6.13. The zero-order valence-corrected chi connectivity index (χ0v) is 13.8. The molecule has 3 nitrogen and oxygen atoms in total. The molecule has 0 radical (unpaired) electrons. The van der Waals surface area contributed by atoms with E-state index in [0.717, 1.165) is 17.1 Å². The summed E-state index contributed by atoms with van der Waals surface area (Å²) in [6, 6.07) is 26.1. The number of hydrogen-bond acceptors (Lipinski definition) is 3. The molecule has 0 amide bonds. The fraction of sp³-hybridized carbons (Fsp3) is 0.0909. The van der Waals surface area contributed by atoms with Crippen LogP contribution in [0.25, 0.3) is 0 Å². The van der Waals surface area contributed by atoms with Gasteiger partial charge in [-0.3, -0.25) is 0 Å². The van der Waals surface area contributed by atoms with Gasteiger partial charge < -0.3 is 4.90 Å². The minimum absolute atomic E-state index is 0.272. The number of nitriles is 2. The zero-order chi connectivity index (χ0) is 17.4. The minimum atomic E-state index is 0.272. The summed E-state index contributed by atoms with van der Waals surface area (Å²) in [5.74, 6) is 0.272. The Kier molecular flexibility index (Phi) is 3.49. The molecule has 1 aliphatic heterocycles. The van der Waals surface area contributed by atoms with E-state index in [1.165, 1.54) is 11.1 Å². The summed E-state index contributed by atoms with van der Waals surface area (Å²) in [5, 5.41) is 18.9. The third-order valence-electron chi connectivity index (χ3n) is 4.78. The van der Waals surface area contributed by atoms with Gasteiger partial charge in [0.1, 0.15) is 6.07 Å². The van der Waals surface area contributed by atoms with Crippen molar-refractivity contribution in [2.45, 2.75) is 12.8 Å². The van der Waals surface area contributed by atoms with Crippen LogP contribution in [0.4, 0.5) is 17.1 Å². The highest BCUT2D eigenvalue weighted by Crippen LogP contribution is 2.49. The first-order valence-corrected chi connectivity index (χ1v) is 8.17. The zero-order valence-electron chi connectivity index (χ0n) is 13.8. The van der Waals surface area contributed by atoms with E-state index in [2.05, 4.69) is 48.2 Å². The van der Waals surface area contributed by atoms with Crippen LogP contribution < -0.4 is 4.90 Å². The molecule has 0 atom stereocenters. The van der Waals surface area contributed by atoms with Gasteiger partial charge in [-0.05, 0) is 41.5 Å². The summed E-state index contributed by atoms with van der Waals surface area (Å²) in [6.07, 6.45) is 0. The van der Waals surface area contributed by atoms with E-state index in [9.17, 15) is 10.5 Å². The Morgan fingerprint density at radius 2 is 1.36 bits per heavy atom. The number of fused-ring (bicyclic) bond motifs is 2. The molecule has 0 saturated carbocycles. The molecule has 0 unspecified atom stereocenters. The largest absolute Gasteiger partial charge is 0.309 e. The Morgan fingerprint density at radius 3 is 1.92 bits per heavy atom. The first-order valence-electron chi connectivity index (χ1n) is 8.17. The van der Waals surface area contributed by atoms with Crippen molar-refractivity contribution in [1.29, 1.82) is 10.5 Å². The Morgan fingerprint density at radius 1 is 0.760 bits per heavy atom. The number of nitrogens with zero attached hydrogens (tertiary/aromatic N) is 3. The van der Waals surface area contributed by atoms with Crippen LogP contribution in [0.3, 0.4) is 0 Å². The minimum Gasteiger partial charge on any atom is -0.309 e. The number of rotatable bonds is 1. The second kappa shape index (κ2) is 5.82. The smallest absolute Gasteiger partial charge is 0.101 e. The van der Waals surface area contributed by atoms with Crippen LogP contribution in [-0.4, -0.2) is 0 Å². The van der Waals surface area contributed by atoms with Crippen molar-refractivity contribution in [2.75, 3.05) is 4.90 Å². The molecular formula is C22H15N3. The summed E-state index contributed by atoms with van der Waals surface area (Å²) in [6.45, 7) is 2.20. The van der Waals surface area contributed by atoms with E-state index < -0.39 is 0 Å². The molecule has 1 aliphatic rings. The maximum absolute atomic E-state index is 9.60. The van der Waals surface area contributed by atoms with E-state index in [1.54, 1.807) is 18.2 Å². The van der Waals surface area contributed by atoms with Crippen molar-refractivity contribution in [3.63, 3.8) is 0 Å². The summed E-state index contributed by atoms with van der Waals surface area (Å²) < 4.78 is 0. The molecule has 0 aliphatic carbocycles. The van der Waals surface area contributed by atoms with Gasteiger partial charge in [0.05, 0.1) is 22.9 Å². The van der Waals surface area contributed by atoms with Crippen molar-refractivity contribution in [3.8, 4) is 12.1 Å². The third-order valence-corrected chi connectivity index (χ3v) is 4.78. The van der Waals surface area contributed by atoms with Gasteiger partial charge in [0.25, 0.3) is 0 Å². The molecule has 1 heterocycles. The van der Waals surface area contributed by atoms with Gasteiger partial charge in [-0.15, -0.1) is 0 Å². The molecule has 118 valence electrons. The molecule has 0 fully saturated rings. The van der Waals surface area contributed by atoms with Gasteiger partial charge in [0.15, 0.2) is 0 Å². The maximum Gasteiger partial charge on any atom is 0.101 e. The summed E-state index contributed by atoms with van der Waals surface area (Å²) in [7, 11) is 0. The van der Waals surface area contributed by atoms with Crippen LogP contribution in [-0.2, 0) is 0 Å². The highest BCUT2D eigenvalue weighted by atomic mass is 15.2. The van der Waals surface area contributed by atoms with Gasteiger partial charge in [-0.25, -0.2) is 0 Å². The topological polar surface area (TPSA) is 50.8 Å². The monoisotopic (exact) mass is 321 g/mol. The second-order valence-corrected chi connectivity index (χ2v) is 6.13. The molecule has 4 rings (SSSR count). The first-order chi connectivity index (χ1) is 12.2. The fourth-order valence-corrected chi connectivity index (χ4v) is 3.55. The molecule has 3 aromatic carbocycles. The lowest BCUT2D eigenvalue weighted by Crippen LogP contribution is -2.21. The third kappa shape index (κ3) is 2.26. The highest BCUT2D eigenvalue weighted by Gasteiger charge is 2.29. The molecule has 3 aromatic rings. The predicted octanol–water partition coefficient (Wildman–Crippen LogP) is 5.36. The van der Waals surface area contributed by atoms with Crippen LogP contribution in [0, 0.1) is 22.7 Å². The quantitative estimate of drug-likeness (QED) is 0.606. The highest BCUT2D eigenvalue weighted by molar-refractivity contribution is 5.87. The molecule has 0 spiro atoms. The standard InChI is InChI=1S/C22H15N3/c1-15-18-6-2-4-8-20(18)25(21-9-5-3-7-19(15)21)22-12-16(13-23)10-11-17(22)14-24/h2-12,15H,1H3. The van der Waals surface area contributed by atoms with E-state index in [1.807, 2.05) is 24.3 Å². The molecule has 25 heavy (non-hydrogen) atoms. The van der Waals surface area contributed by atoms with Crippen molar-refractivity contribution < 1.29 is 0 Å². The van der Waals surface area contributed by atoms with E-state index in [4.69, 9.17) is 0 Å². The Hall–Kier alpha value is -3.56. The lowest BCUT2D eigenvalue weighted by atomic mass is 9.85. The first kappa shape index (κ1) is 15.0. The molecular weight excluding hydrogens is 306 g/mol. The van der Waals surface area contributed by atoms with Crippen LogP contribution in [0.15, 0.2) is 66.7 Å². The van der Waals surface area contributed by atoms with Crippen LogP contribution in [0.1, 0.15) is 35.1 Å². The normalized spacial score (nSPS) is 12.7. The summed E-state index contributed by atoms with van der Waals surface area (Å²) in [5.41, 5.74) is 6.38. The van der Waals surface area contributed by atoms with Gasteiger partial charge in [-0.1, -0.05) is 43.3 Å². The van der Waals surface area contributed by atoms with Gasteiger partial charge in [0, 0.05) is 17.3 Å². The lowest BCUT2D eigenvalue weighted by Gasteiger charge is -2.37. The average molecular weight is 321 g/mol. The van der Waals surface area contributed by atoms with Crippen LogP contribution in [0.5, 0.6) is 0 Å². The maximum atomic E-state index is 9.60. The van der Waals surface area contributed by atoms with E-state index in [-0.39, 0.29) is 5.92 Å². The Balaban J connectivity index is 2.06. The van der Waals surface area contributed by atoms with Crippen LogP contribution in [0.2, 0.25) is 0 Å². The van der Waals surface area contributed by atoms with Crippen molar-refractivity contribution in [1.82, 2.24) is 0 Å². The average Bonchev–Trinajstić information content (AvgIpc) is 2.68. The number of benzene rings is 3.